The lowest BCUT2D eigenvalue weighted by Crippen LogP contribution is -2.31. The highest BCUT2D eigenvalue weighted by molar-refractivity contribution is 8.84. The number of amidine groups is 1. The van der Waals surface area contributed by atoms with Crippen molar-refractivity contribution in [2.45, 2.75) is 0 Å². The van der Waals surface area contributed by atoms with Gasteiger partial charge in [-0.05, 0) is 33.8 Å². The predicted molar refractivity (Wildman–Crippen MR) is 51.7 cm³/mol. The second-order valence-corrected chi connectivity index (χ2v) is 4.10. The highest BCUT2D eigenvalue weighted by Crippen LogP contribution is 2.36. The van der Waals surface area contributed by atoms with Gasteiger partial charge in [0.25, 0.3) is 0 Å². The fraction of sp³-hybridized carbons (Fsp3) is 0. The predicted octanol–water partition coefficient (Wildman–Crippen LogP) is 1.04. The zero-order valence-corrected chi connectivity index (χ0v) is 7.41. The van der Waals surface area contributed by atoms with Gasteiger partial charge in [-0.3, -0.25) is 0 Å². The van der Waals surface area contributed by atoms with Crippen LogP contribution in [0, 0.1) is 0 Å². The molecule has 1 rings (SSSR count). The third kappa shape index (κ3) is 2.20. The number of thiocarbonyl (C=S) groups is 1. The van der Waals surface area contributed by atoms with Gasteiger partial charge >= 0.3 is 0 Å². The van der Waals surface area contributed by atoms with Gasteiger partial charge in [-0.15, -0.1) is 0 Å². The van der Waals surface area contributed by atoms with Crippen molar-refractivity contribution >= 4 is 44.1 Å². The molecule has 10 heavy (non-hydrogen) atoms. The van der Waals surface area contributed by atoms with Gasteiger partial charge in [-0.1, -0.05) is 6.58 Å². The molecule has 0 aromatic rings. The molecule has 0 radical (unpaired) electrons. The molecule has 0 bridgehead atoms. The molecule has 0 atom stereocenters. The molecule has 6 heteroatoms. The number of nitrogens with one attached hydrogen (secondary N) is 1. The highest BCUT2D eigenvalue weighted by Gasteiger charge is 2.10. The van der Waals surface area contributed by atoms with Gasteiger partial charge < -0.3 is 11.1 Å². The van der Waals surface area contributed by atoms with Crippen molar-refractivity contribution in [3.8, 4) is 0 Å². The Labute approximate surface area is 71.9 Å². The van der Waals surface area contributed by atoms with Crippen molar-refractivity contribution in [1.82, 2.24) is 5.32 Å². The molecule has 0 aliphatic carbocycles. The minimum atomic E-state index is 0.238. The Kier molecular flexibility index (Phi) is 2.58. The van der Waals surface area contributed by atoms with E-state index in [-0.39, 0.29) is 5.11 Å². The van der Waals surface area contributed by atoms with Gasteiger partial charge in [-0.25, -0.2) is 4.99 Å². The molecule has 0 saturated carbocycles. The van der Waals surface area contributed by atoms with Crippen LogP contribution in [0.25, 0.3) is 0 Å². The molecule has 0 fully saturated rings. The van der Waals surface area contributed by atoms with Crippen molar-refractivity contribution in [3.63, 3.8) is 0 Å². The van der Waals surface area contributed by atoms with E-state index in [9.17, 15) is 0 Å². The van der Waals surface area contributed by atoms with Crippen molar-refractivity contribution < 1.29 is 0 Å². The van der Waals surface area contributed by atoms with Crippen LogP contribution in [0.5, 0.6) is 0 Å². The van der Waals surface area contributed by atoms with Crippen molar-refractivity contribution in [1.29, 1.82) is 0 Å². The maximum Gasteiger partial charge on any atom is 0.179 e. The summed E-state index contributed by atoms with van der Waals surface area (Å²) in [6, 6.07) is 0. The number of aliphatic imine (C=N–C) groups is 1. The first-order valence-electron chi connectivity index (χ1n) is 2.37. The van der Waals surface area contributed by atoms with Crippen LogP contribution in [0.2, 0.25) is 0 Å². The number of nitrogens with zero attached hydrogens (tertiary/aromatic N) is 1. The summed E-state index contributed by atoms with van der Waals surface area (Å²) in [5.41, 5.74) is 5.20. The molecule has 1 heterocycles. The minimum Gasteiger partial charge on any atom is -0.376 e. The average Bonchev–Trinajstić information content (AvgIpc) is 2.13. The van der Waals surface area contributed by atoms with Gasteiger partial charge in [0.1, 0.15) is 5.03 Å². The van der Waals surface area contributed by atoms with Crippen LogP contribution < -0.4 is 11.1 Å². The third-order valence-electron chi connectivity index (χ3n) is 0.673. The first kappa shape index (κ1) is 7.90. The Morgan fingerprint density at radius 1 is 1.70 bits per heavy atom. The smallest absolute Gasteiger partial charge is 0.179 e. The van der Waals surface area contributed by atoms with Crippen molar-refractivity contribution in [2.24, 2.45) is 10.7 Å². The van der Waals surface area contributed by atoms with Crippen molar-refractivity contribution in [2.75, 3.05) is 0 Å². The molecule has 0 aromatic heterocycles. The Hall–Kier alpha value is -0.200. The molecule has 54 valence electrons. The summed E-state index contributed by atoms with van der Waals surface area (Å²) in [7, 11) is 2.96. The Balaban J connectivity index is 2.50. The lowest BCUT2D eigenvalue weighted by Gasteiger charge is -1.97. The first-order valence-corrected chi connectivity index (χ1v) is 4.93. The Morgan fingerprint density at radius 2 is 2.40 bits per heavy atom. The fourth-order valence-electron chi connectivity index (χ4n) is 0.392. The van der Waals surface area contributed by atoms with E-state index >= 15 is 0 Å². The molecule has 1 aliphatic heterocycles. The van der Waals surface area contributed by atoms with E-state index in [0.29, 0.717) is 5.17 Å². The Morgan fingerprint density at radius 3 is 2.80 bits per heavy atom. The SMILES string of the molecule is C=C1N=C(NC(N)=S)SS1. The third-order valence-corrected chi connectivity index (χ3v) is 2.79. The van der Waals surface area contributed by atoms with E-state index in [1.54, 1.807) is 0 Å². The summed E-state index contributed by atoms with van der Waals surface area (Å²) < 4.78 is 0. The minimum absolute atomic E-state index is 0.238. The monoisotopic (exact) mass is 191 g/mol. The summed E-state index contributed by atoms with van der Waals surface area (Å²) in [5, 5.41) is 4.43. The van der Waals surface area contributed by atoms with Crippen LogP contribution in [0.4, 0.5) is 0 Å². The molecule has 0 aromatic carbocycles. The van der Waals surface area contributed by atoms with E-state index < -0.39 is 0 Å². The number of hydrogen-bond acceptors (Lipinski definition) is 4. The quantitative estimate of drug-likeness (QED) is 0.442. The van der Waals surface area contributed by atoms with E-state index in [4.69, 9.17) is 5.73 Å². The van der Waals surface area contributed by atoms with Crippen LogP contribution in [0.1, 0.15) is 0 Å². The average molecular weight is 191 g/mol. The van der Waals surface area contributed by atoms with Crippen LogP contribution in [0.3, 0.4) is 0 Å². The molecule has 0 amide bonds. The van der Waals surface area contributed by atoms with E-state index in [1.165, 1.54) is 21.6 Å². The van der Waals surface area contributed by atoms with Crippen molar-refractivity contribution in [3.05, 3.63) is 11.6 Å². The zero-order valence-electron chi connectivity index (χ0n) is 4.96. The Bertz CT molecular complexity index is 210. The molecule has 0 unspecified atom stereocenters. The summed E-state index contributed by atoms with van der Waals surface area (Å²) in [6.45, 7) is 3.64. The molecule has 1 aliphatic rings. The first-order chi connectivity index (χ1) is 4.68. The molecule has 3 N–H and O–H groups in total. The zero-order chi connectivity index (χ0) is 7.56. The van der Waals surface area contributed by atoms with Gasteiger partial charge in [0, 0.05) is 0 Å². The lowest BCUT2D eigenvalue weighted by atomic mass is 11.0. The maximum absolute atomic E-state index is 5.20. The fourth-order valence-corrected chi connectivity index (χ4v) is 2.09. The van der Waals surface area contributed by atoms with Gasteiger partial charge in [-0.2, -0.15) is 0 Å². The second kappa shape index (κ2) is 3.27. The van der Waals surface area contributed by atoms with E-state index in [2.05, 4.69) is 29.1 Å². The lowest BCUT2D eigenvalue weighted by molar-refractivity contribution is 1.37. The molecule has 3 nitrogen and oxygen atoms in total. The van der Waals surface area contributed by atoms with E-state index in [0.717, 1.165) is 5.03 Å². The number of nitrogens with two attached hydrogens (primary N) is 1. The van der Waals surface area contributed by atoms with Gasteiger partial charge in [0.05, 0.1) is 0 Å². The van der Waals surface area contributed by atoms with Gasteiger partial charge in [0.15, 0.2) is 10.3 Å². The number of rotatable bonds is 0. The molecule has 0 saturated heterocycles. The normalized spacial score (nSPS) is 16.8. The van der Waals surface area contributed by atoms with Crippen LogP contribution >= 0.6 is 33.8 Å². The summed E-state index contributed by atoms with van der Waals surface area (Å²) in [6.07, 6.45) is 0. The van der Waals surface area contributed by atoms with Gasteiger partial charge in [0.2, 0.25) is 0 Å². The summed E-state index contributed by atoms with van der Waals surface area (Å²) >= 11 is 4.60. The number of hydrogen-bond donors (Lipinski definition) is 2. The van der Waals surface area contributed by atoms with E-state index in [1.807, 2.05) is 0 Å². The van der Waals surface area contributed by atoms with Crippen LogP contribution in [-0.2, 0) is 0 Å². The summed E-state index contributed by atoms with van der Waals surface area (Å²) in [4.78, 5) is 4.00. The largest absolute Gasteiger partial charge is 0.376 e. The highest BCUT2D eigenvalue weighted by atomic mass is 33.1. The maximum atomic E-state index is 5.20. The summed E-state index contributed by atoms with van der Waals surface area (Å²) in [5.74, 6) is 0. The molecular formula is C4H5N3S3. The van der Waals surface area contributed by atoms with Crippen LogP contribution in [-0.4, -0.2) is 10.3 Å². The van der Waals surface area contributed by atoms with Crippen LogP contribution in [0.15, 0.2) is 16.6 Å². The molecular weight excluding hydrogens is 186 g/mol. The topological polar surface area (TPSA) is 50.4 Å². The second-order valence-electron chi connectivity index (χ2n) is 1.47. The standard InChI is InChI=1S/C4H5N3S3/c1-2-6-4(10-9-2)7-3(5)8/h1H2,(H3,5,6,7,8). The molecule has 0 spiro atoms.